The number of rotatable bonds is 14. The fraction of sp³-hybridized carbons (Fsp3) is 0.439. The topological polar surface area (TPSA) is 146 Å². The van der Waals surface area contributed by atoms with Gasteiger partial charge in [0.05, 0.1) is 13.0 Å². The van der Waals surface area contributed by atoms with Crippen molar-refractivity contribution >= 4 is 41.5 Å². The zero-order valence-electron chi connectivity index (χ0n) is 31.0. The van der Waals surface area contributed by atoms with Gasteiger partial charge < -0.3 is 29.6 Å². The van der Waals surface area contributed by atoms with Crippen molar-refractivity contribution in [3.05, 3.63) is 102 Å². The van der Waals surface area contributed by atoms with Crippen LogP contribution in [-0.2, 0) is 40.0 Å². The maximum atomic E-state index is 13.9. The first-order chi connectivity index (χ1) is 25.2. The van der Waals surface area contributed by atoms with Gasteiger partial charge in [-0.3, -0.25) is 14.4 Å². The van der Waals surface area contributed by atoms with Crippen LogP contribution in [0.3, 0.4) is 0 Å². The van der Waals surface area contributed by atoms with Gasteiger partial charge in [-0.15, -0.1) is 11.8 Å². The maximum Gasteiger partial charge on any atom is 0.408 e. The Hall–Kier alpha value is -4.84. The Morgan fingerprint density at radius 3 is 2.06 bits per heavy atom. The van der Waals surface area contributed by atoms with Crippen molar-refractivity contribution in [2.24, 2.45) is 11.8 Å². The molecule has 11 nitrogen and oxygen atoms in total. The molecule has 0 spiro atoms. The molecule has 0 unspecified atom stereocenters. The molecule has 3 aromatic rings. The highest BCUT2D eigenvalue weighted by Crippen LogP contribution is 2.58. The molecule has 1 heterocycles. The molecule has 1 saturated heterocycles. The number of ether oxygens (including phenoxy) is 4. The van der Waals surface area contributed by atoms with E-state index in [1.54, 1.807) is 52.1 Å². The molecule has 1 aliphatic carbocycles. The highest BCUT2D eigenvalue weighted by molar-refractivity contribution is 8.01. The second-order valence-electron chi connectivity index (χ2n) is 14.8. The summed E-state index contributed by atoms with van der Waals surface area (Å²) in [6.07, 6.45) is -1.11. The van der Waals surface area contributed by atoms with Crippen molar-refractivity contribution in [1.82, 2.24) is 10.6 Å². The first-order valence-corrected chi connectivity index (χ1v) is 18.6. The van der Waals surface area contributed by atoms with Gasteiger partial charge in [-0.1, -0.05) is 72.8 Å². The maximum absolute atomic E-state index is 13.9. The molecule has 2 fully saturated rings. The van der Waals surface area contributed by atoms with Gasteiger partial charge in [-0.05, 0) is 76.3 Å². The third-order valence-corrected chi connectivity index (χ3v) is 11.0. The lowest BCUT2D eigenvalue weighted by molar-refractivity contribution is -0.160. The largest absolute Gasteiger partial charge is 0.497 e. The molecule has 5 rings (SSSR count). The van der Waals surface area contributed by atoms with E-state index in [0.717, 1.165) is 16.7 Å². The summed E-state index contributed by atoms with van der Waals surface area (Å²) in [7, 11) is 1.56. The lowest BCUT2D eigenvalue weighted by atomic mass is 9.67. The number of thioether (sulfide) groups is 1. The van der Waals surface area contributed by atoms with E-state index in [1.807, 2.05) is 74.5 Å². The van der Waals surface area contributed by atoms with Crippen LogP contribution in [0.25, 0.3) is 0 Å². The molecule has 3 aromatic carbocycles. The Morgan fingerprint density at radius 2 is 1.49 bits per heavy atom. The average Bonchev–Trinajstić information content (AvgIpc) is 3.38. The Balaban J connectivity index is 1.17. The monoisotopic (exact) mass is 744 g/mol. The van der Waals surface area contributed by atoms with E-state index in [-0.39, 0.29) is 42.8 Å². The first-order valence-electron chi connectivity index (χ1n) is 17.8. The standard InChI is InChI=1S/C41H48N2O9S/c1-40(2,3)52-39(48)42-29(37(46)50-24-25-20-22-28(49-6)23-21-25)18-13-19-30(44)43-33-34(45)31-32(41(4,5)53-36(31)33)38(47)51-35(26-14-9-7-10-15-26)27-16-11-8-12-17-27/h7-12,14-17,20-23,29,31-33,35-36H,13,18-19,24H2,1-6H3,(H,42,48)(H,43,44)/t29-,31+,32+,33-,36+/m1/s1. The van der Waals surface area contributed by atoms with E-state index in [0.29, 0.717) is 5.75 Å². The Labute approximate surface area is 314 Å². The zero-order chi connectivity index (χ0) is 38.3. The molecule has 2 amide bonds. The van der Waals surface area contributed by atoms with Gasteiger partial charge in [0.1, 0.15) is 30.0 Å². The number of esters is 2. The van der Waals surface area contributed by atoms with E-state index < -0.39 is 58.4 Å². The summed E-state index contributed by atoms with van der Waals surface area (Å²) in [5.74, 6) is -2.33. The fourth-order valence-corrected chi connectivity index (χ4v) is 8.58. The van der Waals surface area contributed by atoms with Crippen molar-refractivity contribution in [3.63, 3.8) is 0 Å². The van der Waals surface area contributed by atoms with Gasteiger partial charge in [0, 0.05) is 22.3 Å². The molecule has 2 N–H and O–H groups in total. The second-order valence-corrected chi connectivity index (χ2v) is 16.7. The minimum absolute atomic E-state index is 0.00517. The van der Waals surface area contributed by atoms with Gasteiger partial charge in [0.25, 0.3) is 0 Å². The van der Waals surface area contributed by atoms with Crippen LogP contribution in [0.5, 0.6) is 5.75 Å². The first kappa shape index (κ1) is 39.4. The molecule has 0 aromatic heterocycles. The van der Waals surface area contributed by atoms with Crippen LogP contribution < -0.4 is 15.4 Å². The van der Waals surface area contributed by atoms with E-state index in [4.69, 9.17) is 18.9 Å². The van der Waals surface area contributed by atoms with E-state index in [9.17, 15) is 24.0 Å². The normalized spacial score (nSPS) is 20.7. The number of Topliss-reactive ketones (excluding diaryl/α,β-unsaturated/α-hetero) is 1. The molecule has 12 heteroatoms. The smallest absolute Gasteiger partial charge is 0.408 e. The number of amides is 2. The number of alkyl carbamates (subject to hydrolysis) is 1. The number of fused-ring (bicyclic) bond motifs is 1. The molecule has 282 valence electrons. The summed E-state index contributed by atoms with van der Waals surface area (Å²) < 4.78 is 21.6. The summed E-state index contributed by atoms with van der Waals surface area (Å²) in [6.45, 7) is 8.97. The highest BCUT2D eigenvalue weighted by atomic mass is 32.2. The van der Waals surface area contributed by atoms with Crippen LogP contribution in [0.1, 0.15) is 76.7 Å². The summed E-state index contributed by atoms with van der Waals surface area (Å²) in [5, 5.41) is 5.14. The summed E-state index contributed by atoms with van der Waals surface area (Å²) in [5.41, 5.74) is 1.59. The van der Waals surface area contributed by atoms with Crippen LogP contribution in [-0.4, -0.2) is 64.5 Å². The van der Waals surface area contributed by atoms with Crippen LogP contribution in [0.2, 0.25) is 0 Å². The van der Waals surface area contributed by atoms with E-state index in [2.05, 4.69) is 10.6 Å². The van der Waals surface area contributed by atoms with Crippen LogP contribution in [0.15, 0.2) is 84.9 Å². The Bertz CT molecular complexity index is 1720. The van der Waals surface area contributed by atoms with Crippen molar-refractivity contribution in [3.8, 4) is 5.75 Å². The fourth-order valence-electron chi connectivity index (χ4n) is 6.72. The van der Waals surface area contributed by atoms with Gasteiger partial charge in [-0.25, -0.2) is 9.59 Å². The molecule has 53 heavy (non-hydrogen) atoms. The van der Waals surface area contributed by atoms with Crippen molar-refractivity contribution in [2.75, 3.05) is 7.11 Å². The second kappa shape index (κ2) is 16.9. The molecule has 0 radical (unpaired) electrons. The van der Waals surface area contributed by atoms with Crippen molar-refractivity contribution < 1.29 is 42.9 Å². The Kier molecular flexibility index (Phi) is 12.5. The number of hydrogen-bond acceptors (Lipinski definition) is 10. The summed E-state index contributed by atoms with van der Waals surface area (Å²) >= 11 is 1.51. The minimum Gasteiger partial charge on any atom is -0.497 e. The van der Waals surface area contributed by atoms with E-state index in [1.165, 1.54) is 11.8 Å². The molecule has 5 atom stereocenters. The number of benzene rings is 3. The van der Waals surface area contributed by atoms with Crippen LogP contribution in [0.4, 0.5) is 4.79 Å². The lowest BCUT2D eigenvalue weighted by Gasteiger charge is -2.39. The van der Waals surface area contributed by atoms with Gasteiger partial charge >= 0.3 is 18.0 Å². The molecule has 2 aliphatic rings. The summed E-state index contributed by atoms with van der Waals surface area (Å²) in [4.78, 5) is 66.3. The molecule has 1 saturated carbocycles. The Morgan fingerprint density at radius 1 is 0.887 bits per heavy atom. The zero-order valence-corrected chi connectivity index (χ0v) is 31.8. The lowest BCUT2D eigenvalue weighted by Crippen LogP contribution is -2.63. The third-order valence-electron chi connectivity index (χ3n) is 9.29. The highest BCUT2D eigenvalue weighted by Gasteiger charge is 2.66. The average molecular weight is 745 g/mol. The predicted molar refractivity (Wildman–Crippen MR) is 200 cm³/mol. The number of ketones is 1. The minimum atomic E-state index is -1.07. The number of carbonyl (C=O) groups excluding carboxylic acids is 5. The third kappa shape index (κ3) is 9.98. The molecule has 1 aliphatic heterocycles. The van der Waals surface area contributed by atoms with Crippen molar-refractivity contribution in [1.29, 1.82) is 0 Å². The number of carbonyl (C=O) groups is 5. The SMILES string of the molecule is COc1ccc(COC(=O)[C@@H](CCCC(=O)N[C@@H]2C(=O)[C@H]3[C@@H]2SC(C)(C)[C@@H]3C(=O)OC(c2ccccc2)c2ccccc2)NC(=O)OC(C)(C)C)cc1. The van der Waals surface area contributed by atoms with Gasteiger partial charge in [0.2, 0.25) is 5.91 Å². The molecular formula is C41H48N2O9S. The predicted octanol–water partition coefficient (Wildman–Crippen LogP) is 6.33. The summed E-state index contributed by atoms with van der Waals surface area (Å²) in [6, 6.07) is 24.2. The van der Waals surface area contributed by atoms with Crippen LogP contribution >= 0.6 is 11.8 Å². The molecule has 0 bridgehead atoms. The van der Waals surface area contributed by atoms with E-state index >= 15 is 0 Å². The van der Waals surface area contributed by atoms with Crippen molar-refractivity contribution in [2.45, 2.75) is 94.3 Å². The van der Waals surface area contributed by atoms with Crippen LogP contribution in [0, 0.1) is 11.8 Å². The van der Waals surface area contributed by atoms with Gasteiger partial charge in [0.15, 0.2) is 11.9 Å². The number of hydrogen-bond donors (Lipinski definition) is 2. The van der Waals surface area contributed by atoms with Gasteiger partial charge in [-0.2, -0.15) is 0 Å². The quantitative estimate of drug-likeness (QED) is 0.142. The number of nitrogens with one attached hydrogen (secondary N) is 2. The molecular weight excluding hydrogens is 697 g/mol. The number of methoxy groups -OCH3 is 1.